The predicted octanol–water partition coefficient (Wildman–Crippen LogP) is -6.23. The number of ether oxygens (including phenoxy) is 17. The number of aliphatic hydroxyl groups is 21. The maximum Gasteiger partial charge on any atom is 0.404 e. The van der Waals surface area contributed by atoms with E-state index in [1.165, 1.54) is 20.8 Å². The number of primary amides is 1. The van der Waals surface area contributed by atoms with Crippen LogP contribution in [0.3, 0.4) is 0 Å². The molecule has 0 aromatic heterocycles. The van der Waals surface area contributed by atoms with Gasteiger partial charge in [-0.2, -0.15) is 0 Å². The topological polar surface area (TPSA) is 700 Å². The lowest BCUT2D eigenvalue weighted by Gasteiger charge is -2.71. The van der Waals surface area contributed by atoms with Crippen LogP contribution in [0.25, 0.3) is 0 Å². The highest BCUT2D eigenvalue weighted by molar-refractivity contribution is 5.82. The molecule has 25 N–H and O–H groups in total. The van der Waals surface area contributed by atoms with Gasteiger partial charge in [0.1, 0.15) is 164 Å². The van der Waals surface area contributed by atoms with Crippen LogP contribution < -0.4 is 11.1 Å². The van der Waals surface area contributed by atoms with Crippen molar-refractivity contribution in [1.29, 1.82) is 0 Å². The van der Waals surface area contributed by atoms with Gasteiger partial charge in [0.05, 0.1) is 63.6 Å². The fraction of sp³-hybridized carbons (Fsp3) is 0.941. The standard InChI is InChI=1S/C85H140N2O43/c1-33-46(93)52(99)57(104)72(116-33)124-64-59(106)66(69(109)87-25-15-13-11-10-12-14-16-26-113-79(86)111)126-77(68(64)128-73-58(105)53(100)50(97)40(29-88)119-73)121-45-20-21-81(6)42-18-17-36-37-27-80(4,5)23-24-85(37,44(92)28-83(36,8)82(42,7)22-19-43(81)84(45,9)130-112)78(110)129-76-67(54(101)47(94)34(2)117-76)127-74-61(108)65(62(35(3)118-74)122-70-55(102)48(95)38(90)31-114-70)125-75-60(107)63(51(98)41(30-89)120-75)123-71-56(103)49(96)39(91)32-115-71/h17,33-35,37-68,70-77,88-108,112H,10-16,18-32H2,1-9H3,(H2,86,111)(H,87,109)/t33?,34?,35?,37?,38-,39-,40?,41?,42?,43-,44+,45+,46?,47+,48+,49+,50+,51-,52?,53+,54+,55?,56?,57?,58?,59+,60?,61+,62+,63+,64+,65?,66?,67?,68?,70+,71+,72?,73+,74?,75+,76+,77-,81?,82?,83-,84?,85?/m1/s1. The molecule has 8 heterocycles. The monoisotopic (exact) mass is 1880 g/mol. The molecule has 24 unspecified atom stereocenters. The molecule has 45 nitrogen and oxygen atoms in total. The minimum absolute atomic E-state index is 0.0272. The third-order valence-electron chi connectivity index (χ3n) is 31.1. The van der Waals surface area contributed by atoms with Crippen LogP contribution in [0.1, 0.15) is 165 Å². The number of fused-ring (bicyclic) bond motifs is 7. The van der Waals surface area contributed by atoms with E-state index in [1.807, 2.05) is 13.8 Å². The zero-order chi connectivity index (χ0) is 94.8. The minimum atomic E-state index is -2.24. The van der Waals surface area contributed by atoms with E-state index < -0.39 is 335 Å². The maximum atomic E-state index is 16.2. The van der Waals surface area contributed by atoms with Gasteiger partial charge in [-0.1, -0.05) is 78.4 Å². The van der Waals surface area contributed by atoms with Gasteiger partial charge in [0.2, 0.25) is 6.29 Å². The summed E-state index contributed by atoms with van der Waals surface area (Å²) >= 11 is 0. The third-order valence-corrected chi connectivity index (χ3v) is 31.1. The average Bonchev–Trinajstić information content (AvgIpc) is 0.668. The maximum absolute atomic E-state index is 16.2. The first-order valence-electron chi connectivity index (χ1n) is 45.6. The van der Waals surface area contributed by atoms with Crippen molar-refractivity contribution in [2.24, 2.45) is 50.6 Å². The third kappa shape index (κ3) is 19.9. The second-order valence-electron chi connectivity index (χ2n) is 39.7. The highest BCUT2D eigenvalue weighted by atomic mass is 17.1. The predicted molar refractivity (Wildman–Crippen MR) is 431 cm³/mol. The summed E-state index contributed by atoms with van der Waals surface area (Å²) in [6.45, 7) is 13.4. The molecule has 12 fully saturated rings. The van der Waals surface area contributed by atoms with E-state index in [1.54, 1.807) is 6.92 Å². The molecule has 0 aromatic carbocycles. The minimum Gasteiger partial charge on any atom is -0.450 e. The fourth-order valence-electron chi connectivity index (χ4n) is 23.1. The van der Waals surface area contributed by atoms with E-state index in [2.05, 4.69) is 32.2 Å². The van der Waals surface area contributed by atoms with Gasteiger partial charge in [0.25, 0.3) is 5.91 Å². The number of allylic oxidation sites excluding steroid dienone is 2. The Morgan fingerprint density at radius 1 is 0.454 bits per heavy atom. The van der Waals surface area contributed by atoms with Crippen molar-refractivity contribution in [3.05, 3.63) is 11.6 Å². The molecule has 2 amide bonds. The van der Waals surface area contributed by atoms with Crippen LogP contribution in [-0.2, 0) is 95.0 Å². The number of carbonyl (C=O) groups excluding carboxylic acids is 3. The molecule has 5 aliphatic carbocycles. The van der Waals surface area contributed by atoms with Gasteiger partial charge in [-0.15, -0.1) is 0 Å². The number of hydrogen-bond acceptors (Lipinski definition) is 43. The average molecular weight is 1880 g/mol. The second-order valence-corrected chi connectivity index (χ2v) is 39.7. The molecular weight excluding hydrogens is 1740 g/mol. The molecule has 0 bridgehead atoms. The van der Waals surface area contributed by atoms with Gasteiger partial charge in [-0.05, 0) is 138 Å². The summed E-state index contributed by atoms with van der Waals surface area (Å²) in [6.07, 6.45) is -65.2. The highest BCUT2D eigenvalue weighted by Crippen LogP contribution is 2.76. The summed E-state index contributed by atoms with van der Waals surface area (Å²) in [5.41, 5.74) is -0.542. The van der Waals surface area contributed by atoms with Crippen LogP contribution in [0.4, 0.5) is 4.79 Å². The molecule has 48 atom stereocenters. The van der Waals surface area contributed by atoms with E-state index in [4.69, 9.17) is 91.1 Å². The summed E-state index contributed by atoms with van der Waals surface area (Å²) in [7, 11) is 0. The molecule has 0 radical (unpaired) electrons. The van der Waals surface area contributed by atoms with Crippen molar-refractivity contribution < 1.29 is 212 Å². The number of unbranched alkanes of at least 4 members (excludes halogenated alkanes) is 6. The summed E-state index contributed by atoms with van der Waals surface area (Å²) in [5.74, 6) is -3.58. The Bertz CT molecular complexity index is 3750. The quantitative estimate of drug-likeness (QED) is 0.00794. The molecule has 130 heavy (non-hydrogen) atoms. The molecule has 4 saturated carbocycles. The summed E-state index contributed by atoms with van der Waals surface area (Å²) in [5, 5.41) is 252. The smallest absolute Gasteiger partial charge is 0.404 e. The second kappa shape index (κ2) is 41.8. The number of carbonyl (C=O) groups is 3. The molecule has 13 aliphatic rings. The lowest BCUT2D eigenvalue weighted by molar-refractivity contribution is -0.419. The van der Waals surface area contributed by atoms with Crippen LogP contribution >= 0.6 is 0 Å². The van der Waals surface area contributed by atoms with Crippen molar-refractivity contribution in [2.45, 2.75) is 416 Å². The highest BCUT2D eigenvalue weighted by Gasteiger charge is 2.74. The van der Waals surface area contributed by atoms with Crippen LogP contribution in [-0.4, -0.2) is 421 Å². The van der Waals surface area contributed by atoms with Gasteiger partial charge in [0, 0.05) is 6.54 Å². The van der Waals surface area contributed by atoms with Gasteiger partial charge in [-0.25, -0.2) is 9.68 Å². The normalized spacial score (nSPS) is 50.9. The van der Waals surface area contributed by atoms with Crippen LogP contribution in [0.5, 0.6) is 0 Å². The van der Waals surface area contributed by atoms with Crippen molar-refractivity contribution in [2.75, 3.05) is 39.6 Å². The first kappa shape index (κ1) is 104. The first-order chi connectivity index (χ1) is 61.3. The summed E-state index contributed by atoms with van der Waals surface area (Å²) in [4.78, 5) is 47.6. The van der Waals surface area contributed by atoms with Crippen LogP contribution in [0.2, 0.25) is 0 Å². The zero-order valence-electron chi connectivity index (χ0n) is 74.4. The van der Waals surface area contributed by atoms with E-state index in [0.29, 0.717) is 57.8 Å². The van der Waals surface area contributed by atoms with Crippen molar-refractivity contribution in [3.63, 3.8) is 0 Å². The molecule has 8 saturated heterocycles. The molecule has 0 aromatic rings. The molecular formula is C85H140N2O43. The Hall–Kier alpha value is -3.57. The van der Waals surface area contributed by atoms with Gasteiger partial charge in [-0.3, -0.25) is 14.8 Å². The fourth-order valence-corrected chi connectivity index (χ4v) is 23.1. The first-order valence-corrected chi connectivity index (χ1v) is 45.6. The number of esters is 1. The molecule has 13 rings (SSSR count). The van der Waals surface area contributed by atoms with E-state index in [-0.39, 0.29) is 38.3 Å². The zero-order valence-corrected chi connectivity index (χ0v) is 74.4. The van der Waals surface area contributed by atoms with Gasteiger partial charge in [0.15, 0.2) is 56.2 Å². The molecule has 8 aliphatic heterocycles. The number of aliphatic hydroxyl groups excluding tert-OH is 21. The number of hydrogen-bond donors (Lipinski definition) is 24. The van der Waals surface area contributed by atoms with Crippen molar-refractivity contribution >= 4 is 18.0 Å². The number of rotatable bonds is 30. The molecule has 748 valence electrons. The van der Waals surface area contributed by atoms with E-state index >= 15 is 4.79 Å². The number of nitrogens with one attached hydrogen (secondary N) is 1. The Kier molecular flexibility index (Phi) is 33.4. The van der Waals surface area contributed by atoms with Crippen molar-refractivity contribution in [1.82, 2.24) is 5.32 Å². The Morgan fingerprint density at radius 2 is 0.954 bits per heavy atom. The largest absolute Gasteiger partial charge is 0.450 e. The Morgan fingerprint density at radius 3 is 1.56 bits per heavy atom. The van der Waals surface area contributed by atoms with E-state index in [9.17, 15) is 122 Å². The van der Waals surface area contributed by atoms with Crippen LogP contribution in [0, 0.1) is 44.8 Å². The number of amides is 2. The lowest BCUT2D eigenvalue weighted by atomic mass is 9.34. The summed E-state index contributed by atoms with van der Waals surface area (Å²) in [6, 6.07) is 0. The SMILES string of the molecule is CC1OC(O[C@@H]2C(O[C@@H]3OC(CO)[C@H](O)[C@H](O)C3O)[C@H](O[C@H]3CCC4(C)C5CC=C6C7CC(C)(C)CCC7(C(=O)O[C@@H]7OC(C)[C@H](O)[C@H](O)C7OC7OC(C)[C@H](O[C@@H]8OC[C@@H](O)[C@H](O)C8O)C(O[C@@H]8OC(CO)[C@@H](O)[C@H](O[C@@H]9OC[C@@H](O)[C@H](O)C9O)C8O)[C@@H]7O)[C@@H](O)C[C@@]6(C)C5(C)CC[C@H]4C3(C)OO)OC(C(=O)NCCCCCCCCCOC(N)=O)[C@H]2O)C(O)C(O)C1O. The van der Waals surface area contributed by atoms with E-state index in [0.717, 1.165) is 31.3 Å². The lowest BCUT2D eigenvalue weighted by Crippen LogP contribution is -2.71. The summed E-state index contributed by atoms with van der Waals surface area (Å²) < 4.78 is 103. The Labute approximate surface area is 750 Å². The van der Waals surface area contributed by atoms with Gasteiger partial charge < -0.3 is 199 Å². The molecule has 45 heteroatoms. The van der Waals surface area contributed by atoms with Crippen molar-refractivity contribution in [3.8, 4) is 0 Å². The Balaban J connectivity index is 0.764. The van der Waals surface area contributed by atoms with Gasteiger partial charge >= 0.3 is 12.1 Å². The number of nitrogens with two attached hydrogens (primary N) is 1. The molecule has 0 spiro atoms. The van der Waals surface area contributed by atoms with Crippen LogP contribution in [0.15, 0.2) is 11.6 Å².